The van der Waals surface area contributed by atoms with Gasteiger partial charge in [-0.15, -0.1) is 54.1 Å². The first kappa shape index (κ1) is 40.8. The van der Waals surface area contributed by atoms with Gasteiger partial charge in [0.05, 0.1) is 22.4 Å². The molecule has 0 aliphatic heterocycles. The van der Waals surface area contributed by atoms with Gasteiger partial charge in [0.1, 0.15) is 11.8 Å². The van der Waals surface area contributed by atoms with E-state index in [9.17, 15) is 5.26 Å². The third-order valence-electron chi connectivity index (χ3n) is 10.8. The van der Waals surface area contributed by atoms with Crippen LogP contribution in [-0.2, 0) is 20.1 Å². The van der Waals surface area contributed by atoms with Gasteiger partial charge in [-0.05, 0) is 93.4 Å². The molecule has 10 rings (SSSR count). The minimum atomic E-state index is 0. The van der Waals surface area contributed by atoms with Gasteiger partial charge in [-0.1, -0.05) is 118 Å². The van der Waals surface area contributed by atoms with Crippen molar-refractivity contribution in [3.63, 3.8) is 0 Å². The molecule has 0 saturated carbocycles. The Morgan fingerprint density at radius 1 is 0.623 bits per heavy atom. The summed E-state index contributed by atoms with van der Waals surface area (Å²) in [6.07, 6.45) is 1.79. The summed E-state index contributed by atoms with van der Waals surface area (Å²) in [7, 11) is 0. The molecule has 0 atom stereocenters. The summed E-state index contributed by atoms with van der Waals surface area (Å²) in [5.74, 6) is 1.22. The molecule has 1 radical (unpaired) electrons. The molecule has 0 fully saturated rings. The van der Waals surface area contributed by atoms with Crippen molar-refractivity contribution in [3.05, 3.63) is 193 Å². The van der Waals surface area contributed by atoms with Crippen LogP contribution in [0.15, 0.2) is 168 Å². The number of nitrogens with zero attached hydrogens (tertiary/aromatic N) is 5. The number of furan rings is 1. The van der Waals surface area contributed by atoms with Crippen LogP contribution in [0.4, 0.5) is 0 Å². The van der Waals surface area contributed by atoms with E-state index in [2.05, 4.69) is 139 Å². The fraction of sp³-hybridized carbons (Fsp3) is 0.111. The van der Waals surface area contributed by atoms with Crippen molar-refractivity contribution in [1.82, 2.24) is 19.5 Å². The van der Waals surface area contributed by atoms with Crippen LogP contribution in [0.25, 0.3) is 83.7 Å². The molecule has 0 unspecified atom stereocenters. The maximum absolute atomic E-state index is 9.47. The third-order valence-corrected chi connectivity index (χ3v) is 10.8. The molecule has 6 nitrogen and oxygen atoms in total. The number of pyridine rings is 2. The van der Waals surface area contributed by atoms with Crippen molar-refractivity contribution in [2.45, 2.75) is 39.5 Å². The molecule has 6 aromatic carbocycles. The van der Waals surface area contributed by atoms with Gasteiger partial charge in [0, 0.05) is 37.4 Å². The van der Waals surface area contributed by atoms with Crippen LogP contribution >= 0.6 is 0 Å². The van der Waals surface area contributed by atoms with Crippen molar-refractivity contribution in [2.75, 3.05) is 0 Å². The molecular formula is C54H41IrN5O-2. The van der Waals surface area contributed by atoms with Crippen LogP contribution in [0.3, 0.4) is 0 Å². The first-order valence-corrected chi connectivity index (χ1v) is 20.2. The minimum Gasteiger partial charge on any atom is -0.486 e. The quantitative estimate of drug-likeness (QED) is 0.149. The normalized spacial score (nSPS) is 11.1. The summed E-state index contributed by atoms with van der Waals surface area (Å²) in [6.45, 7) is 9.03. The predicted octanol–water partition coefficient (Wildman–Crippen LogP) is 13.8. The largest absolute Gasteiger partial charge is 0.486 e. The molecule has 0 spiro atoms. The average Bonchev–Trinajstić information content (AvgIpc) is 3.88. The molecule has 4 aromatic heterocycles. The Hall–Kier alpha value is -6.97. The number of benzene rings is 6. The number of hydrogen-bond acceptors (Lipinski definition) is 5. The Morgan fingerprint density at radius 2 is 1.30 bits per heavy atom. The fourth-order valence-corrected chi connectivity index (χ4v) is 7.82. The summed E-state index contributed by atoms with van der Waals surface area (Å²) in [6, 6.07) is 62.3. The number of hydrogen-bond donors (Lipinski definition) is 0. The van der Waals surface area contributed by atoms with Gasteiger partial charge in [-0.3, -0.25) is 4.98 Å². The molecule has 7 heteroatoms. The maximum atomic E-state index is 9.47. The molecule has 0 saturated heterocycles. The van der Waals surface area contributed by atoms with Gasteiger partial charge < -0.3 is 14.0 Å². The van der Waals surface area contributed by atoms with Crippen LogP contribution in [0.2, 0.25) is 0 Å². The van der Waals surface area contributed by atoms with E-state index in [1.54, 1.807) is 12.3 Å². The van der Waals surface area contributed by atoms with Crippen molar-refractivity contribution in [1.29, 1.82) is 5.26 Å². The maximum Gasteiger partial charge on any atom is 0.217 e. The Bertz CT molecular complexity index is 3080. The van der Waals surface area contributed by atoms with Crippen LogP contribution in [0.1, 0.15) is 56.4 Å². The van der Waals surface area contributed by atoms with Crippen molar-refractivity contribution in [2.24, 2.45) is 0 Å². The zero-order valence-electron chi connectivity index (χ0n) is 34.2. The number of fused-ring (bicyclic) bond motifs is 4. The molecule has 0 aliphatic carbocycles. The SMILES string of the molecule is CC(C)c1cc(-c2ccc(-c3ccccc3)cc2)cc(C(C)C)c1-n1c(-c2[c-]ccc3c2oc2nc(C#N)ccc23)nc2ccccc21.[Ir].[c-]1ccccc1-c1ccccn1. The summed E-state index contributed by atoms with van der Waals surface area (Å²) in [5, 5.41) is 11.2. The summed E-state index contributed by atoms with van der Waals surface area (Å²) < 4.78 is 8.69. The van der Waals surface area contributed by atoms with E-state index in [0.717, 1.165) is 50.1 Å². The van der Waals surface area contributed by atoms with Crippen LogP contribution in [0.5, 0.6) is 0 Å². The number of imidazole rings is 1. The van der Waals surface area contributed by atoms with Crippen molar-refractivity contribution in [3.8, 4) is 56.7 Å². The Balaban J connectivity index is 0.000000340. The van der Waals surface area contributed by atoms with E-state index in [1.807, 2.05) is 72.8 Å². The second kappa shape index (κ2) is 17.7. The molecule has 61 heavy (non-hydrogen) atoms. The van der Waals surface area contributed by atoms with Gasteiger partial charge >= 0.3 is 0 Å². The molecule has 0 bridgehead atoms. The molecule has 10 aromatic rings. The smallest absolute Gasteiger partial charge is 0.217 e. The zero-order valence-corrected chi connectivity index (χ0v) is 36.6. The standard InChI is InChI=1S/C43H33N4O.C11H8N.Ir/c1-26(2)36-23-31(30-19-17-29(18-20-30)28-11-6-5-7-12-28)24-37(27(3)4)40(36)47-39-16-9-8-15-38(39)46-42(47)35-14-10-13-33-34-22-21-32(25-44)45-43(34)48-41(33)35;1-2-6-10(7-3-1)11-8-4-5-9-12-11;/h5-13,15-24,26-27H,1-4H3;1-6,8-9H;/q2*-1;. The average molecular weight is 968 g/mol. The summed E-state index contributed by atoms with van der Waals surface area (Å²) >= 11 is 0. The molecule has 0 aliphatic rings. The topological polar surface area (TPSA) is 80.5 Å². The Kier molecular flexibility index (Phi) is 11.8. The Morgan fingerprint density at radius 3 is 1.97 bits per heavy atom. The van der Waals surface area contributed by atoms with Crippen molar-refractivity contribution >= 4 is 33.1 Å². The number of aromatic nitrogens is 4. The number of rotatable bonds is 7. The van der Waals surface area contributed by atoms with Gasteiger partial charge in [-0.25, -0.2) is 4.98 Å². The first-order chi connectivity index (χ1) is 29.4. The molecule has 299 valence electrons. The van der Waals surface area contributed by atoms with E-state index < -0.39 is 0 Å². The third kappa shape index (κ3) is 8.04. The molecule has 0 amide bonds. The second-order valence-corrected chi connectivity index (χ2v) is 15.4. The second-order valence-electron chi connectivity index (χ2n) is 15.4. The van der Waals surface area contributed by atoms with E-state index in [-0.39, 0.29) is 31.9 Å². The van der Waals surface area contributed by atoms with Gasteiger partial charge in [0.15, 0.2) is 0 Å². The van der Waals surface area contributed by atoms with Gasteiger partial charge in [0.2, 0.25) is 5.71 Å². The fourth-order valence-electron chi connectivity index (χ4n) is 7.82. The van der Waals surface area contributed by atoms with Crippen molar-refractivity contribution < 1.29 is 24.5 Å². The van der Waals surface area contributed by atoms with E-state index in [0.29, 0.717) is 17.0 Å². The molecule has 4 heterocycles. The number of para-hydroxylation sites is 2. The minimum absolute atomic E-state index is 0. The summed E-state index contributed by atoms with van der Waals surface area (Å²) in [4.78, 5) is 13.9. The van der Waals surface area contributed by atoms with E-state index in [1.165, 1.54) is 33.4 Å². The predicted molar refractivity (Wildman–Crippen MR) is 243 cm³/mol. The number of nitriles is 1. The summed E-state index contributed by atoms with van der Waals surface area (Å²) in [5.41, 5.74) is 14.5. The first-order valence-electron chi connectivity index (χ1n) is 20.2. The van der Waals surface area contributed by atoms with Gasteiger partial charge in [0.25, 0.3) is 0 Å². The van der Waals surface area contributed by atoms with Crippen LogP contribution < -0.4 is 0 Å². The van der Waals surface area contributed by atoms with Crippen LogP contribution in [-0.4, -0.2) is 19.5 Å². The van der Waals surface area contributed by atoms with E-state index in [4.69, 9.17) is 9.40 Å². The zero-order chi connectivity index (χ0) is 41.2. The molecular weight excluding hydrogens is 927 g/mol. The molecule has 0 N–H and O–H groups in total. The Labute approximate surface area is 369 Å². The van der Waals surface area contributed by atoms with Gasteiger partial charge in [-0.2, -0.15) is 5.26 Å². The van der Waals surface area contributed by atoms with Crippen LogP contribution in [0, 0.1) is 23.5 Å². The monoisotopic (exact) mass is 968 g/mol. The van der Waals surface area contributed by atoms with E-state index >= 15 is 0 Å².